The van der Waals surface area contributed by atoms with Gasteiger partial charge < -0.3 is 20.3 Å². The molecule has 0 fully saturated rings. The Labute approximate surface area is 252 Å². The van der Waals surface area contributed by atoms with Crippen LogP contribution in [0.2, 0.25) is 0 Å². The second kappa shape index (κ2) is 12.0. The molecule has 2 aliphatic rings. The Morgan fingerprint density at radius 3 is 2.39 bits per heavy atom. The minimum absolute atomic E-state index is 0.0745. The lowest BCUT2D eigenvalue weighted by atomic mass is 9.95. The molecule has 2 aromatic carbocycles. The molecule has 16 heteroatoms. The van der Waals surface area contributed by atoms with E-state index in [4.69, 9.17) is 10.5 Å². The molecule has 1 unspecified atom stereocenters. The van der Waals surface area contributed by atoms with Gasteiger partial charge in [-0.15, -0.1) is 16.4 Å². The van der Waals surface area contributed by atoms with Gasteiger partial charge in [-0.05, 0) is 70.6 Å². The summed E-state index contributed by atoms with van der Waals surface area (Å²) < 4.78 is 88.3. The van der Waals surface area contributed by atoms with Crippen LogP contribution in [0.25, 0.3) is 0 Å². The molecule has 0 radical (unpaired) electrons. The molecule has 0 aliphatic carbocycles. The van der Waals surface area contributed by atoms with E-state index in [0.29, 0.717) is 39.1 Å². The first-order chi connectivity index (χ1) is 21.0. The van der Waals surface area contributed by atoms with Crippen molar-refractivity contribution < 1.29 is 31.1 Å². The van der Waals surface area contributed by atoms with Gasteiger partial charge in [0.15, 0.2) is 0 Å². The lowest BCUT2D eigenvalue weighted by molar-refractivity contribution is -0.143. The lowest BCUT2D eigenvalue weighted by Crippen LogP contribution is -2.30. The number of anilines is 2. The van der Waals surface area contributed by atoms with Crippen LogP contribution in [-0.2, 0) is 49.9 Å². The molecule has 1 atom stereocenters. The zero-order valence-electron chi connectivity index (χ0n) is 23.3. The lowest BCUT2D eigenvalue weighted by Gasteiger charge is -2.33. The predicted octanol–water partition coefficient (Wildman–Crippen LogP) is 5.70. The number of ether oxygens (including phenoxy) is 1. The number of rotatable bonds is 8. The number of nitrogens with zero attached hydrogens (tertiary/aromatic N) is 7. The van der Waals surface area contributed by atoms with Crippen molar-refractivity contribution in [2.45, 2.75) is 64.1 Å². The summed E-state index contributed by atoms with van der Waals surface area (Å²) in [7, 11) is 0. The molecule has 44 heavy (non-hydrogen) atoms. The Bertz CT molecular complexity index is 1570. The molecule has 2 aliphatic heterocycles. The largest absolute Gasteiger partial charge is 0.416 e. The van der Waals surface area contributed by atoms with Crippen molar-refractivity contribution in [2.24, 2.45) is 5.73 Å². The maximum atomic E-state index is 13.8. The number of alkyl halides is 6. The first kappa shape index (κ1) is 30.3. The van der Waals surface area contributed by atoms with Gasteiger partial charge in [-0.25, -0.2) is 4.98 Å². The molecule has 0 saturated heterocycles. The maximum Gasteiger partial charge on any atom is 0.416 e. The summed E-state index contributed by atoms with van der Waals surface area (Å²) in [5.41, 5.74) is 6.46. The van der Waals surface area contributed by atoms with E-state index in [1.807, 2.05) is 11.4 Å². The standard InChI is InChI=1S/C28H28F6N8OS/c29-27(30,31)20-8-17(9-21(12-20)28(32,33)34)13-41(26-37-39-42(38-26)6-3-35)23-2-1-5-40(14-25-36-4-7-44-25)24-11-19-16-43-15-18(19)10-22(23)24/h4,7-12,23H,1-3,5-6,13-16,35H2. The van der Waals surface area contributed by atoms with E-state index in [1.54, 1.807) is 11.1 Å². The van der Waals surface area contributed by atoms with Gasteiger partial charge >= 0.3 is 12.4 Å². The molecule has 234 valence electrons. The highest BCUT2D eigenvalue weighted by Gasteiger charge is 2.38. The molecule has 0 spiro atoms. The molecule has 4 aromatic rings. The van der Waals surface area contributed by atoms with Crippen LogP contribution in [0.3, 0.4) is 0 Å². The number of thiazole rings is 1. The van der Waals surface area contributed by atoms with Gasteiger partial charge in [0.05, 0.1) is 43.5 Å². The number of benzene rings is 2. The second-order valence-electron chi connectivity index (χ2n) is 10.7. The number of aromatic nitrogens is 5. The Balaban J connectivity index is 1.47. The van der Waals surface area contributed by atoms with E-state index in [0.717, 1.165) is 39.5 Å². The Hall–Kier alpha value is -3.76. The van der Waals surface area contributed by atoms with E-state index in [1.165, 1.54) is 16.1 Å². The van der Waals surface area contributed by atoms with Gasteiger partial charge in [0.2, 0.25) is 0 Å². The fourth-order valence-corrected chi connectivity index (χ4v) is 6.33. The van der Waals surface area contributed by atoms with E-state index in [-0.39, 0.29) is 37.2 Å². The zero-order valence-corrected chi connectivity index (χ0v) is 24.1. The average molecular weight is 639 g/mol. The molecule has 2 N–H and O–H groups in total. The van der Waals surface area contributed by atoms with Crippen LogP contribution in [0.4, 0.5) is 38.0 Å². The molecule has 2 aromatic heterocycles. The Morgan fingerprint density at radius 2 is 1.73 bits per heavy atom. The van der Waals surface area contributed by atoms with Gasteiger partial charge in [-0.2, -0.15) is 31.1 Å². The summed E-state index contributed by atoms with van der Waals surface area (Å²) >= 11 is 1.53. The van der Waals surface area contributed by atoms with E-state index in [2.05, 4.69) is 31.4 Å². The monoisotopic (exact) mass is 638 g/mol. The normalized spacial score (nSPS) is 17.0. The smallest absolute Gasteiger partial charge is 0.372 e. The van der Waals surface area contributed by atoms with Crippen LogP contribution < -0.4 is 15.5 Å². The van der Waals surface area contributed by atoms with Gasteiger partial charge in [0.1, 0.15) is 5.01 Å². The van der Waals surface area contributed by atoms with Crippen LogP contribution in [0.1, 0.15) is 57.3 Å². The van der Waals surface area contributed by atoms with Crippen molar-refractivity contribution in [2.75, 3.05) is 22.9 Å². The van der Waals surface area contributed by atoms with Crippen molar-refractivity contribution in [1.29, 1.82) is 0 Å². The van der Waals surface area contributed by atoms with Crippen molar-refractivity contribution in [1.82, 2.24) is 25.2 Å². The van der Waals surface area contributed by atoms with E-state index < -0.39 is 29.5 Å². The number of nitrogens with two attached hydrogens (primary N) is 1. The third-order valence-corrected chi connectivity index (χ3v) is 8.45. The SMILES string of the molecule is NCCn1nnc(N(Cc2cc(C(F)(F)F)cc(C(F)(F)F)c2)C2CCCN(Cc3nccs3)c3cc4c(cc32)COC4)n1. The molecular formula is C28H28F6N8OS. The molecule has 4 heterocycles. The minimum Gasteiger partial charge on any atom is -0.372 e. The van der Waals surface area contributed by atoms with Crippen molar-refractivity contribution in [3.8, 4) is 0 Å². The second-order valence-corrected chi connectivity index (χ2v) is 11.7. The number of hydrogen-bond acceptors (Lipinski definition) is 9. The average Bonchev–Trinajstić information content (AvgIpc) is 3.73. The van der Waals surface area contributed by atoms with Gasteiger partial charge in [0, 0.05) is 36.9 Å². The zero-order chi connectivity index (χ0) is 31.1. The summed E-state index contributed by atoms with van der Waals surface area (Å²) in [5.74, 6) is 0.0745. The van der Waals surface area contributed by atoms with E-state index in [9.17, 15) is 26.3 Å². The van der Waals surface area contributed by atoms with Crippen molar-refractivity contribution in [3.63, 3.8) is 0 Å². The van der Waals surface area contributed by atoms with Crippen LogP contribution in [0.5, 0.6) is 0 Å². The van der Waals surface area contributed by atoms with Crippen molar-refractivity contribution >= 4 is 23.0 Å². The number of tetrazole rings is 1. The predicted molar refractivity (Wildman–Crippen MR) is 150 cm³/mol. The summed E-state index contributed by atoms with van der Waals surface area (Å²) in [6.45, 7) is 2.16. The van der Waals surface area contributed by atoms with Crippen LogP contribution >= 0.6 is 11.3 Å². The topological polar surface area (TPSA) is 98.2 Å². The summed E-state index contributed by atoms with van der Waals surface area (Å²) in [6.07, 6.45) is -7.02. The molecule has 0 amide bonds. The third kappa shape index (κ3) is 6.37. The number of fused-ring (bicyclic) bond motifs is 2. The fourth-order valence-electron chi connectivity index (χ4n) is 5.70. The third-order valence-electron chi connectivity index (χ3n) is 7.68. The molecule has 9 nitrogen and oxygen atoms in total. The molecule has 0 bridgehead atoms. The van der Waals surface area contributed by atoms with Gasteiger partial charge in [-0.1, -0.05) is 5.10 Å². The summed E-state index contributed by atoms with van der Waals surface area (Å²) in [5, 5.41) is 15.4. The van der Waals surface area contributed by atoms with Crippen LogP contribution in [-0.4, -0.2) is 38.3 Å². The van der Waals surface area contributed by atoms with Crippen LogP contribution in [0.15, 0.2) is 41.9 Å². The highest BCUT2D eigenvalue weighted by Crippen LogP contribution is 2.43. The molecule has 6 rings (SSSR count). The Morgan fingerprint density at radius 1 is 1.00 bits per heavy atom. The summed E-state index contributed by atoms with van der Waals surface area (Å²) in [4.78, 5) is 9.55. The van der Waals surface area contributed by atoms with Crippen LogP contribution in [0, 0.1) is 0 Å². The first-order valence-corrected chi connectivity index (χ1v) is 14.8. The minimum atomic E-state index is -4.98. The highest BCUT2D eigenvalue weighted by atomic mass is 32.1. The van der Waals surface area contributed by atoms with E-state index >= 15 is 0 Å². The number of halogens is 6. The maximum absolute atomic E-state index is 13.8. The summed E-state index contributed by atoms with van der Waals surface area (Å²) in [6, 6.07) is 5.20. The highest BCUT2D eigenvalue weighted by molar-refractivity contribution is 7.09. The molecule has 0 saturated carbocycles. The van der Waals surface area contributed by atoms with Crippen molar-refractivity contribution in [3.05, 3.63) is 80.3 Å². The quantitative estimate of drug-likeness (QED) is 0.246. The first-order valence-electron chi connectivity index (χ1n) is 13.9. The van der Waals surface area contributed by atoms with Gasteiger partial charge in [0.25, 0.3) is 5.95 Å². The fraction of sp³-hybridized carbons (Fsp3) is 0.429. The number of hydrogen-bond donors (Lipinski definition) is 1. The molecular weight excluding hydrogens is 610 g/mol. The Kier molecular flexibility index (Phi) is 8.24. The van der Waals surface area contributed by atoms with Gasteiger partial charge in [-0.3, -0.25) is 0 Å².